The van der Waals surface area contributed by atoms with E-state index in [1.54, 1.807) is 0 Å². The van der Waals surface area contributed by atoms with Crippen molar-refractivity contribution < 1.29 is 14.1 Å². The third kappa shape index (κ3) is 5.15. The highest BCUT2D eigenvalue weighted by atomic mass is 35.5. The zero-order valence-electron chi connectivity index (χ0n) is 19.5. The summed E-state index contributed by atoms with van der Waals surface area (Å²) in [6.07, 6.45) is 6.71. The maximum absolute atomic E-state index is 12.6. The van der Waals surface area contributed by atoms with Gasteiger partial charge in [0.05, 0.1) is 17.4 Å². The van der Waals surface area contributed by atoms with Crippen molar-refractivity contribution in [2.45, 2.75) is 51.5 Å². The molecular formula is C25H35ClN4O3. The number of nitrogens with zero attached hydrogens (tertiary/aromatic N) is 3. The highest BCUT2D eigenvalue weighted by molar-refractivity contribution is 6.31. The molecule has 2 aliphatic heterocycles. The summed E-state index contributed by atoms with van der Waals surface area (Å²) in [5, 5.41) is 9.31. The molecule has 1 saturated carbocycles. The van der Waals surface area contributed by atoms with Crippen molar-refractivity contribution in [2.24, 2.45) is 11.3 Å². The quantitative estimate of drug-likeness (QED) is 0.679. The third-order valence-corrected chi connectivity index (χ3v) is 8.12. The van der Waals surface area contributed by atoms with Crippen LogP contribution >= 0.6 is 11.6 Å². The maximum atomic E-state index is 12.6. The van der Waals surface area contributed by atoms with Gasteiger partial charge in [0.1, 0.15) is 0 Å². The largest absolute Gasteiger partial charge is 0.380 e. The fourth-order valence-electron chi connectivity index (χ4n) is 5.48. The molecule has 3 aliphatic rings. The van der Waals surface area contributed by atoms with E-state index in [9.17, 15) is 4.79 Å². The molecule has 0 radical (unpaired) electrons. The van der Waals surface area contributed by atoms with Crippen LogP contribution in [0.1, 0.15) is 45.4 Å². The molecule has 2 aromatic rings. The van der Waals surface area contributed by atoms with Gasteiger partial charge in [0, 0.05) is 49.9 Å². The molecule has 0 unspecified atom stereocenters. The Morgan fingerprint density at radius 1 is 1.21 bits per heavy atom. The summed E-state index contributed by atoms with van der Waals surface area (Å²) in [4.78, 5) is 17.5. The van der Waals surface area contributed by atoms with Crippen molar-refractivity contribution in [3.8, 4) is 0 Å². The van der Waals surface area contributed by atoms with Crippen LogP contribution < -0.4 is 10.2 Å². The van der Waals surface area contributed by atoms with E-state index in [-0.39, 0.29) is 11.3 Å². The highest BCUT2D eigenvalue weighted by Gasteiger charge is 2.38. The van der Waals surface area contributed by atoms with Crippen LogP contribution in [0.25, 0.3) is 11.0 Å². The van der Waals surface area contributed by atoms with Crippen LogP contribution in [-0.4, -0.2) is 67.9 Å². The standard InChI is InChI=1S/C25H35ClN4O3/c1-25(9-15-32-17-25)24(31)27-20-5-2-18(3-6-20)8-10-29-11-13-30(14-12-29)23-21-7-4-19(26)16-22(21)33-28-23/h4,7,16,18,20H,2-3,5-6,8-15,17H2,1H3,(H,27,31)/t18?,20?,25-/m0/s1. The van der Waals surface area contributed by atoms with Crippen molar-refractivity contribution >= 4 is 34.3 Å². The first kappa shape index (κ1) is 22.9. The second-order valence-corrected chi connectivity index (χ2v) is 10.8. The Kier molecular flexibility index (Phi) is 6.81. The molecule has 1 aliphatic carbocycles. The van der Waals surface area contributed by atoms with Gasteiger partial charge in [-0.05, 0) is 70.0 Å². The van der Waals surface area contributed by atoms with E-state index in [0.717, 1.165) is 74.7 Å². The summed E-state index contributed by atoms with van der Waals surface area (Å²) >= 11 is 6.06. The van der Waals surface area contributed by atoms with Crippen LogP contribution in [-0.2, 0) is 9.53 Å². The summed E-state index contributed by atoms with van der Waals surface area (Å²) in [6, 6.07) is 6.05. The molecule has 1 aromatic carbocycles. The number of benzene rings is 1. The molecule has 5 rings (SSSR count). The number of carbonyl (C=O) groups is 1. The summed E-state index contributed by atoms with van der Waals surface area (Å²) in [5.41, 5.74) is 0.419. The van der Waals surface area contributed by atoms with Crippen molar-refractivity contribution in [2.75, 3.05) is 50.8 Å². The first-order chi connectivity index (χ1) is 16.0. The Morgan fingerprint density at radius 3 is 2.73 bits per heavy atom. The predicted octanol–water partition coefficient (Wildman–Crippen LogP) is 4.09. The van der Waals surface area contributed by atoms with Gasteiger partial charge in [-0.1, -0.05) is 16.8 Å². The van der Waals surface area contributed by atoms with Gasteiger partial charge < -0.3 is 19.5 Å². The fraction of sp³-hybridized carbons (Fsp3) is 0.680. The Morgan fingerprint density at radius 2 is 2.00 bits per heavy atom. The molecule has 3 fully saturated rings. The predicted molar refractivity (Wildman–Crippen MR) is 130 cm³/mol. The Labute approximate surface area is 200 Å². The van der Waals surface area contributed by atoms with Gasteiger partial charge in [-0.25, -0.2) is 0 Å². The molecule has 33 heavy (non-hydrogen) atoms. The van der Waals surface area contributed by atoms with Crippen LogP contribution in [0.2, 0.25) is 5.02 Å². The lowest BCUT2D eigenvalue weighted by atomic mass is 9.82. The molecule has 0 bridgehead atoms. The van der Waals surface area contributed by atoms with Gasteiger partial charge in [0.15, 0.2) is 11.4 Å². The number of piperazine rings is 1. The summed E-state index contributed by atoms with van der Waals surface area (Å²) in [6.45, 7) is 8.47. The van der Waals surface area contributed by atoms with Crippen LogP contribution in [0, 0.1) is 11.3 Å². The molecule has 1 amide bonds. The van der Waals surface area contributed by atoms with Crippen LogP contribution in [0.15, 0.2) is 22.7 Å². The van der Waals surface area contributed by atoms with Gasteiger partial charge >= 0.3 is 0 Å². The first-order valence-corrected chi connectivity index (χ1v) is 12.8. The average Bonchev–Trinajstić information content (AvgIpc) is 3.46. The Bertz CT molecular complexity index is 958. The van der Waals surface area contributed by atoms with Crippen LogP contribution in [0.5, 0.6) is 0 Å². The molecule has 180 valence electrons. The van der Waals surface area contributed by atoms with Crippen LogP contribution in [0.4, 0.5) is 5.82 Å². The highest BCUT2D eigenvalue weighted by Crippen LogP contribution is 2.32. The Hall–Kier alpha value is -1.83. The number of amides is 1. The number of carbonyl (C=O) groups excluding carboxylic acids is 1. The minimum Gasteiger partial charge on any atom is -0.380 e. The molecule has 8 heteroatoms. The lowest BCUT2D eigenvalue weighted by Crippen LogP contribution is -2.47. The number of fused-ring (bicyclic) bond motifs is 1. The first-order valence-electron chi connectivity index (χ1n) is 12.4. The van der Waals surface area contributed by atoms with E-state index in [1.807, 2.05) is 25.1 Å². The van der Waals surface area contributed by atoms with E-state index in [0.29, 0.717) is 24.3 Å². The molecule has 3 heterocycles. The van der Waals surface area contributed by atoms with Gasteiger partial charge in [-0.2, -0.15) is 0 Å². The van der Waals surface area contributed by atoms with Gasteiger partial charge in [0.2, 0.25) is 5.91 Å². The van der Waals surface area contributed by atoms with Crippen molar-refractivity contribution in [1.29, 1.82) is 0 Å². The summed E-state index contributed by atoms with van der Waals surface area (Å²) < 4.78 is 10.9. The monoisotopic (exact) mass is 474 g/mol. The minimum absolute atomic E-state index is 0.185. The van der Waals surface area contributed by atoms with E-state index < -0.39 is 0 Å². The van der Waals surface area contributed by atoms with Crippen molar-refractivity contribution in [1.82, 2.24) is 15.4 Å². The minimum atomic E-state index is -0.329. The van der Waals surface area contributed by atoms with Gasteiger partial charge in [-0.3, -0.25) is 9.69 Å². The summed E-state index contributed by atoms with van der Waals surface area (Å²) in [5.74, 6) is 1.88. The number of halogens is 1. The number of ether oxygens (including phenoxy) is 1. The number of anilines is 1. The second-order valence-electron chi connectivity index (χ2n) is 10.3. The average molecular weight is 475 g/mol. The zero-order chi connectivity index (χ0) is 22.8. The number of rotatable bonds is 6. The van der Waals surface area contributed by atoms with Gasteiger partial charge in [-0.15, -0.1) is 0 Å². The third-order valence-electron chi connectivity index (χ3n) is 7.89. The topological polar surface area (TPSA) is 70.8 Å². The molecular weight excluding hydrogens is 440 g/mol. The summed E-state index contributed by atoms with van der Waals surface area (Å²) in [7, 11) is 0. The number of hydrogen-bond donors (Lipinski definition) is 1. The molecule has 1 atom stereocenters. The number of aromatic nitrogens is 1. The molecule has 7 nitrogen and oxygen atoms in total. The van der Waals surface area contributed by atoms with Crippen molar-refractivity contribution in [3.05, 3.63) is 23.2 Å². The lowest BCUT2D eigenvalue weighted by Gasteiger charge is -2.36. The molecule has 0 spiro atoms. The maximum Gasteiger partial charge on any atom is 0.228 e. The SMILES string of the molecule is C[C@]1(C(=O)NC2CCC(CCN3CCN(c4noc5cc(Cl)ccc45)CC3)CC2)CCOC1. The lowest BCUT2D eigenvalue weighted by molar-refractivity contribution is -0.131. The van der Waals surface area contributed by atoms with E-state index in [1.165, 1.54) is 19.3 Å². The number of hydrogen-bond acceptors (Lipinski definition) is 6. The van der Waals surface area contributed by atoms with Crippen LogP contribution in [0.3, 0.4) is 0 Å². The van der Waals surface area contributed by atoms with E-state index >= 15 is 0 Å². The number of nitrogens with one attached hydrogen (secondary N) is 1. The fourth-order valence-corrected chi connectivity index (χ4v) is 5.64. The Balaban J connectivity index is 1.03. The second kappa shape index (κ2) is 9.80. The van der Waals surface area contributed by atoms with Gasteiger partial charge in [0.25, 0.3) is 0 Å². The van der Waals surface area contributed by atoms with Crippen molar-refractivity contribution in [3.63, 3.8) is 0 Å². The van der Waals surface area contributed by atoms with E-state index in [4.69, 9.17) is 20.9 Å². The smallest absolute Gasteiger partial charge is 0.228 e. The van der Waals surface area contributed by atoms with E-state index in [2.05, 4.69) is 20.3 Å². The molecule has 1 aromatic heterocycles. The zero-order valence-corrected chi connectivity index (χ0v) is 20.3. The normalized spacial score (nSPS) is 29.0. The molecule has 2 saturated heterocycles. The molecule has 1 N–H and O–H groups in total.